The molecule has 1 N–H and O–H groups in total. The van der Waals surface area contributed by atoms with Crippen molar-refractivity contribution in [2.45, 2.75) is 38.3 Å². The van der Waals surface area contributed by atoms with Crippen LogP contribution in [0.5, 0.6) is 5.75 Å². The van der Waals surface area contributed by atoms with Crippen LogP contribution >= 0.6 is 0 Å². The van der Waals surface area contributed by atoms with E-state index in [9.17, 15) is 4.79 Å². The smallest absolute Gasteiger partial charge is 0.308 e. The number of carboxylic acid groups (broad SMARTS) is 1. The van der Waals surface area contributed by atoms with E-state index in [1.165, 1.54) is 5.56 Å². The summed E-state index contributed by atoms with van der Waals surface area (Å²) in [5.41, 5.74) is 1.17. The monoisotopic (exact) mass is 277 g/mol. The fourth-order valence-electron chi connectivity index (χ4n) is 2.92. The Kier molecular flexibility index (Phi) is 4.65. The molecular weight excluding hydrogens is 254 g/mol. The largest absolute Gasteiger partial charge is 0.496 e. The molecule has 4 nitrogen and oxygen atoms in total. The van der Waals surface area contributed by atoms with Crippen molar-refractivity contribution in [2.75, 3.05) is 14.2 Å². The van der Waals surface area contributed by atoms with Crippen LogP contribution in [-0.4, -0.2) is 42.2 Å². The Morgan fingerprint density at radius 2 is 2.15 bits per heavy atom. The number of benzene rings is 1. The predicted octanol–water partition coefficient (Wildman–Crippen LogP) is 2.42. The van der Waals surface area contributed by atoms with Crippen LogP contribution in [0.3, 0.4) is 0 Å². The van der Waals surface area contributed by atoms with Gasteiger partial charge in [0, 0.05) is 12.1 Å². The van der Waals surface area contributed by atoms with E-state index in [4.69, 9.17) is 9.84 Å². The minimum Gasteiger partial charge on any atom is -0.496 e. The van der Waals surface area contributed by atoms with E-state index in [2.05, 4.69) is 17.9 Å². The van der Waals surface area contributed by atoms with Crippen LogP contribution in [0, 0.1) is 5.92 Å². The highest BCUT2D eigenvalue weighted by Gasteiger charge is 2.40. The van der Waals surface area contributed by atoms with Crippen molar-refractivity contribution >= 4 is 5.97 Å². The summed E-state index contributed by atoms with van der Waals surface area (Å²) in [6, 6.07) is 8.46. The summed E-state index contributed by atoms with van der Waals surface area (Å²) < 4.78 is 5.37. The fraction of sp³-hybridized carbons (Fsp3) is 0.562. The second-order valence-electron chi connectivity index (χ2n) is 5.62. The van der Waals surface area contributed by atoms with Gasteiger partial charge in [-0.25, -0.2) is 0 Å². The highest BCUT2D eigenvalue weighted by Crippen LogP contribution is 2.33. The lowest BCUT2D eigenvalue weighted by Gasteiger charge is -2.43. The van der Waals surface area contributed by atoms with Crippen molar-refractivity contribution in [2.24, 2.45) is 5.92 Å². The molecule has 3 unspecified atom stereocenters. The molecule has 1 aromatic rings. The maximum absolute atomic E-state index is 11.1. The Morgan fingerprint density at radius 1 is 1.45 bits per heavy atom. The van der Waals surface area contributed by atoms with Gasteiger partial charge in [0.15, 0.2) is 0 Å². The SMILES string of the molecule is COc1ccccc1CC(C)N(C)C1CCC1C(=O)O. The van der Waals surface area contributed by atoms with Crippen molar-refractivity contribution in [1.82, 2.24) is 4.90 Å². The summed E-state index contributed by atoms with van der Waals surface area (Å²) in [5, 5.41) is 9.16. The molecule has 1 fully saturated rings. The fourth-order valence-corrected chi connectivity index (χ4v) is 2.92. The zero-order valence-electron chi connectivity index (χ0n) is 12.4. The van der Waals surface area contributed by atoms with Crippen LogP contribution < -0.4 is 4.74 Å². The van der Waals surface area contributed by atoms with Gasteiger partial charge in [0.2, 0.25) is 0 Å². The van der Waals surface area contributed by atoms with Gasteiger partial charge >= 0.3 is 5.97 Å². The highest BCUT2D eigenvalue weighted by molar-refractivity contribution is 5.72. The van der Waals surface area contributed by atoms with Gasteiger partial charge in [0.05, 0.1) is 13.0 Å². The van der Waals surface area contributed by atoms with Crippen molar-refractivity contribution < 1.29 is 14.6 Å². The molecule has 0 amide bonds. The van der Waals surface area contributed by atoms with E-state index in [0.717, 1.165) is 25.0 Å². The van der Waals surface area contributed by atoms with Gasteiger partial charge in [-0.05, 0) is 44.9 Å². The molecule has 0 saturated heterocycles. The van der Waals surface area contributed by atoms with Crippen LogP contribution in [0.1, 0.15) is 25.3 Å². The van der Waals surface area contributed by atoms with Gasteiger partial charge in [-0.1, -0.05) is 18.2 Å². The number of methoxy groups -OCH3 is 1. The standard InChI is InChI=1S/C16H23NO3/c1-11(10-12-6-4-5-7-15(12)20-3)17(2)14-9-8-13(14)16(18)19/h4-7,11,13-14H,8-10H2,1-3H3,(H,18,19). The summed E-state index contributed by atoms with van der Waals surface area (Å²) in [6.45, 7) is 2.14. The third-order valence-corrected chi connectivity index (χ3v) is 4.48. The normalized spacial score (nSPS) is 23.2. The zero-order chi connectivity index (χ0) is 14.7. The maximum Gasteiger partial charge on any atom is 0.308 e. The summed E-state index contributed by atoms with van der Waals surface area (Å²) in [5.74, 6) is 0.0221. The van der Waals surface area contributed by atoms with E-state index < -0.39 is 5.97 Å². The first-order valence-corrected chi connectivity index (χ1v) is 7.11. The van der Waals surface area contributed by atoms with Crippen molar-refractivity contribution in [1.29, 1.82) is 0 Å². The number of carbonyl (C=O) groups is 1. The maximum atomic E-state index is 11.1. The zero-order valence-corrected chi connectivity index (χ0v) is 12.4. The lowest BCUT2D eigenvalue weighted by molar-refractivity contribution is -0.149. The second-order valence-corrected chi connectivity index (χ2v) is 5.62. The van der Waals surface area contributed by atoms with Crippen LogP contribution in [0.2, 0.25) is 0 Å². The number of carboxylic acids is 1. The third kappa shape index (κ3) is 2.96. The van der Waals surface area contributed by atoms with E-state index in [-0.39, 0.29) is 12.0 Å². The van der Waals surface area contributed by atoms with Crippen LogP contribution in [0.25, 0.3) is 0 Å². The molecule has 0 aliphatic heterocycles. The topological polar surface area (TPSA) is 49.8 Å². The molecule has 20 heavy (non-hydrogen) atoms. The average Bonchev–Trinajstić information content (AvgIpc) is 2.37. The molecule has 1 aliphatic carbocycles. The molecule has 110 valence electrons. The number of ether oxygens (including phenoxy) is 1. The van der Waals surface area contributed by atoms with Crippen LogP contribution in [0.4, 0.5) is 0 Å². The Balaban J connectivity index is 2.01. The number of aliphatic carboxylic acids is 1. The molecule has 0 heterocycles. The summed E-state index contributed by atoms with van der Waals surface area (Å²) >= 11 is 0. The number of nitrogens with zero attached hydrogens (tertiary/aromatic N) is 1. The highest BCUT2D eigenvalue weighted by atomic mass is 16.5. The van der Waals surface area contributed by atoms with Gasteiger partial charge in [-0.2, -0.15) is 0 Å². The van der Waals surface area contributed by atoms with Gasteiger partial charge < -0.3 is 9.84 Å². The van der Waals surface area contributed by atoms with Crippen LogP contribution in [-0.2, 0) is 11.2 Å². The molecule has 1 saturated carbocycles. The van der Waals surface area contributed by atoms with E-state index in [1.807, 2.05) is 25.2 Å². The Hall–Kier alpha value is -1.55. The number of hydrogen-bond acceptors (Lipinski definition) is 3. The summed E-state index contributed by atoms with van der Waals surface area (Å²) in [4.78, 5) is 13.3. The number of para-hydroxylation sites is 1. The van der Waals surface area contributed by atoms with Crippen molar-refractivity contribution in [3.63, 3.8) is 0 Å². The molecule has 4 heteroatoms. The molecule has 0 bridgehead atoms. The minimum atomic E-state index is -0.669. The first-order valence-electron chi connectivity index (χ1n) is 7.11. The molecule has 2 rings (SSSR count). The number of likely N-dealkylation sites (N-methyl/N-ethyl adjacent to an activating group) is 1. The third-order valence-electron chi connectivity index (χ3n) is 4.48. The lowest BCUT2D eigenvalue weighted by atomic mass is 9.78. The van der Waals surface area contributed by atoms with Crippen molar-refractivity contribution in [3.8, 4) is 5.75 Å². The Bertz CT molecular complexity index is 475. The van der Waals surface area contributed by atoms with E-state index >= 15 is 0 Å². The molecule has 3 atom stereocenters. The predicted molar refractivity (Wildman–Crippen MR) is 78.1 cm³/mol. The minimum absolute atomic E-state index is 0.164. The van der Waals surface area contributed by atoms with Gasteiger partial charge in [0.25, 0.3) is 0 Å². The van der Waals surface area contributed by atoms with Gasteiger partial charge in [-0.3, -0.25) is 9.69 Å². The molecule has 1 aliphatic rings. The molecule has 0 radical (unpaired) electrons. The molecule has 1 aromatic carbocycles. The Morgan fingerprint density at radius 3 is 2.70 bits per heavy atom. The van der Waals surface area contributed by atoms with E-state index in [1.54, 1.807) is 7.11 Å². The molecule has 0 spiro atoms. The number of hydrogen-bond donors (Lipinski definition) is 1. The first-order chi connectivity index (χ1) is 9.54. The Labute approximate surface area is 120 Å². The lowest BCUT2D eigenvalue weighted by Crippen LogP contribution is -2.52. The molecular formula is C16H23NO3. The van der Waals surface area contributed by atoms with Crippen LogP contribution in [0.15, 0.2) is 24.3 Å². The number of rotatable bonds is 6. The molecule has 0 aromatic heterocycles. The average molecular weight is 277 g/mol. The van der Waals surface area contributed by atoms with Gasteiger partial charge in [0.1, 0.15) is 5.75 Å². The summed E-state index contributed by atoms with van der Waals surface area (Å²) in [6.07, 6.45) is 2.64. The van der Waals surface area contributed by atoms with Crippen molar-refractivity contribution in [3.05, 3.63) is 29.8 Å². The van der Waals surface area contributed by atoms with E-state index in [0.29, 0.717) is 6.04 Å². The second kappa shape index (κ2) is 6.27. The summed E-state index contributed by atoms with van der Waals surface area (Å²) in [7, 11) is 3.71. The quantitative estimate of drug-likeness (QED) is 0.867. The van der Waals surface area contributed by atoms with Gasteiger partial charge in [-0.15, -0.1) is 0 Å². The first kappa shape index (κ1) is 14.9.